The fourth-order valence-corrected chi connectivity index (χ4v) is 6.03. The monoisotopic (exact) mass is 550 g/mol. The van der Waals surface area contributed by atoms with Crippen LogP contribution < -0.4 is 21.3 Å². The van der Waals surface area contributed by atoms with Crippen molar-refractivity contribution in [2.45, 2.75) is 41.5 Å². The zero-order valence-corrected chi connectivity index (χ0v) is 26.4. The summed E-state index contributed by atoms with van der Waals surface area (Å²) in [6.45, 7) is 13.6. The van der Waals surface area contributed by atoms with Gasteiger partial charge in [-0.3, -0.25) is 4.98 Å². The van der Waals surface area contributed by atoms with E-state index in [-0.39, 0.29) is 6.71 Å². The predicted molar refractivity (Wildman–Crippen MR) is 186 cm³/mol. The lowest BCUT2D eigenvalue weighted by Crippen LogP contribution is -2.56. The Labute approximate surface area is 253 Å². The van der Waals surface area contributed by atoms with Crippen LogP contribution in [0.1, 0.15) is 44.6 Å². The standard InChI is InChI=1S/C33H37BN2.C6H6/c1-22-17-24(3)32(25(4)18-22)34(33-26(5)19-23(2)20-27(33)6)31-15-14-30(36(7)8)21-28(31)12-13-29-11-9-10-16-35-29;1-2-4-6-5-3-1/h9-21H,1-8H3;1-6H/b13-12+;. The van der Waals surface area contributed by atoms with Gasteiger partial charge in [-0.1, -0.05) is 129 Å². The number of nitrogens with zero attached hydrogens (tertiary/aromatic N) is 2. The van der Waals surface area contributed by atoms with Gasteiger partial charge in [0, 0.05) is 26.0 Å². The second-order valence-electron chi connectivity index (χ2n) is 11.5. The summed E-state index contributed by atoms with van der Waals surface area (Å²) in [5, 5.41) is 0. The molecule has 42 heavy (non-hydrogen) atoms. The lowest BCUT2D eigenvalue weighted by molar-refractivity contribution is 1.13. The first-order valence-corrected chi connectivity index (χ1v) is 14.7. The third-order valence-corrected chi connectivity index (χ3v) is 7.74. The molecule has 0 amide bonds. The molecule has 212 valence electrons. The highest BCUT2D eigenvalue weighted by atomic mass is 15.1. The normalized spacial score (nSPS) is 10.8. The number of pyridine rings is 1. The highest BCUT2D eigenvalue weighted by Gasteiger charge is 2.30. The van der Waals surface area contributed by atoms with Crippen LogP contribution in [0.2, 0.25) is 0 Å². The van der Waals surface area contributed by atoms with E-state index in [9.17, 15) is 0 Å². The summed E-state index contributed by atoms with van der Waals surface area (Å²) in [5.74, 6) is 0. The molecule has 0 bridgehead atoms. The molecule has 0 saturated carbocycles. The molecule has 1 aromatic heterocycles. The molecule has 2 nitrogen and oxygen atoms in total. The van der Waals surface area contributed by atoms with Gasteiger partial charge in [0.15, 0.2) is 0 Å². The van der Waals surface area contributed by atoms with Gasteiger partial charge in [-0.25, -0.2) is 0 Å². The summed E-state index contributed by atoms with van der Waals surface area (Å²) in [6, 6.07) is 34.2. The summed E-state index contributed by atoms with van der Waals surface area (Å²) >= 11 is 0. The number of aryl methyl sites for hydroxylation is 6. The molecule has 0 N–H and O–H groups in total. The maximum absolute atomic E-state index is 4.52. The fourth-order valence-electron chi connectivity index (χ4n) is 6.03. The minimum atomic E-state index is 0.130. The minimum Gasteiger partial charge on any atom is -0.378 e. The van der Waals surface area contributed by atoms with E-state index >= 15 is 0 Å². The van der Waals surface area contributed by atoms with Crippen molar-refractivity contribution in [3.05, 3.63) is 148 Å². The van der Waals surface area contributed by atoms with Gasteiger partial charge >= 0.3 is 0 Å². The Morgan fingerprint density at radius 2 is 1.07 bits per heavy atom. The minimum absolute atomic E-state index is 0.130. The highest BCUT2D eigenvalue weighted by molar-refractivity contribution is 6.97. The molecule has 0 aliphatic carbocycles. The lowest BCUT2D eigenvalue weighted by Gasteiger charge is -2.26. The third kappa shape index (κ3) is 7.47. The average molecular weight is 551 g/mol. The summed E-state index contributed by atoms with van der Waals surface area (Å²) in [6.07, 6.45) is 6.20. The van der Waals surface area contributed by atoms with Crippen LogP contribution in [0, 0.1) is 41.5 Å². The summed E-state index contributed by atoms with van der Waals surface area (Å²) in [5.41, 5.74) is 15.5. The Hall–Kier alpha value is -4.37. The molecule has 0 fully saturated rings. The topological polar surface area (TPSA) is 16.1 Å². The van der Waals surface area contributed by atoms with E-state index in [0.717, 1.165) is 5.69 Å². The highest BCUT2D eigenvalue weighted by Crippen LogP contribution is 2.19. The van der Waals surface area contributed by atoms with Crippen LogP contribution in [0.25, 0.3) is 12.2 Å². The zero-order valence-electron chi connectivity index (χ0n) is 26.4. The van der Waals surface area contributed by atoms with Crippen molar-refractivity contribution < 1.29 is 0 Å². The van der Waals surface area contributed by atoms with Crippen molar-refractivity contribution >= 4 is 40.9 Å². The van der Waals surface area contributed by atoms with Crippen LogP contribution in [0.4, 0.5) is 5.69 Å². The van der Waals surface area contributed by atoms with Gasteiger partial charge in [0.05, 0.1) is 5.69 Å². The molecule has 5 aromatic rings. The van der Waals surface area contributed by atoms with Gasteiger partial charge in [-0.15, -0.1) is 0 Å². The molecule has 0 aliphatic heterocycles. The van der Waals surface area contributed by atoms with E-state index in [2.05, 4.69) is 120 Å². The third-order valence-electron chi connectivity index (χ3n) is 7.74. The maximum Gasteiger partial charge on any atom is 0.243 e. The van der Waals surface area contributed by atoms with Crippen LogP contribution in [0.15, 0.2) is 103 Å². The van der Waals surface area contributed by atoms with Gasteiger partial charge in [-0.05, 0) is 77.4 Å². The van der Waals surface area contributed by atoms with Crippen LogP contribution in [0.5, 0.6) is 0 Å². The predicted octanol–water partition coefficient (Wildman–Crippen LogP) is 7.37. The molecular weight excluding hydrogens is 507 g/mol. The van der Waals surface area contributed by atoms with Gasteiger partial charge in [0.25, 0.3) is 0 Å². The summed E-state index contributed by atoms with van der Waals surface area (Å²) in [7, 11) is 4.20. The molecule has 3 heteroatoms. The second kappa shape index (κ2) is 14.0. The lowest BCUT2D eigenvalue weighted by atomic mass is 9.33. The van der Waals surface area contributed by atoms with Crippen molar-refractivity contribution in [1.82, 2.24) is 4.98 Å². The molecular formula is C39H43BN2. The Bertz CT molecular complexity index is 1520. The SMILES string of the molecule is Cc1cc(C)c(B(c2ccc(N(C)C)cc2/C=C/c2ccccn2)c2c(C)cc(C)cc2C)c(C)c1.c1ccccc1. The van der Waals surface area contributed by atoms with Crippen LogP contribution in [0.3, 0.4) is 0 Å². The summed E-state index contributed by atoms with van der Waals surface area (Å²) in [4.78, 5) is 6.69. The van der Waals surface area contributed by atoms with Crippen LogP contribution >= 0.6 is 0 Å². The van der Waals surface area contributed by atoms with Crippen molar-refractivity contribution in [3.8, 4) is 0 Å². The number of hydrogen-bond donors (Lipinski definition) is 0. The second-order valence-corrected chi connectivity index (χ2v) is 11.5. The van der Waals surface area contributed by atoms with E-state index in [1.165, 1.54) is 61.0 Å². The number of hydrogen-bond acceptors (Lipinski definition) is 2. The molecule has 0 radical (unpaired) electrons. The average Bonchev–Trinajstić information content (AvgIpc) is 2.96. The van der Waals surface area contributed by atoms with E-state index in [1.54, 1.807) is 0 Å². The van der Waals surface area contributed by atoms with E-state index in [4.69, 9.17) is 0 Å². The molecule has 0 unspecified atom stereocenters. The molecule has 0 saturated heterocycles. The molecule has 0 atom stereocenters. The summed E-state index contributed by atoms with van der Waals surface area (Å²) < 4.78 is 0. The molecule has 4 aromatic carbocycles. The van der Waals surface area contributed by atoms with E-state index in [1.807, 2.05) is 60.8 Å². The van der Waals surface area contributed by atoms with Crippen LogP contribution in [-0.4, -0.2) is 25.8 Å². The quantitative estimate of drug-likeness (QED) is 0.205. The zero-order chi connectivity index (χ0) is 30.2. The van der Waals surface area contributed by atoms with Gasteiger partial charge in [0.1, 0.15) is 0 Å². The van der Waals surface area contributed by atoms with E-state index < -0.39 is 0 Å². The van der Waals surface area contributed by atoms with Crippen LogP contribution in [-0.2, 0) is 0 Å². The number of rotatable bonds is 6. The first-order chi connectivity index (χ1) is 20.2. The van der Waals surface area contributed by atoms with Gasteiger partial charge in [0.2, 0.25) is 6.71 Å². The van der Waals surface area contributed by atoms with E-state index in [0.29, 0.717) is 0 Å². The Balaban J connectivity index is 0.000000600. The first kappa shape index (κ1) is 30.6. The molecule has 1 heterocycles. The number of aromatic nitrogens is 1. The molecule has 5 rings (SSSR count). The molecule has 0 aliphatic rings. The number of anilines is 1. The Morgan fingerprint density at radius 1 is 0.571 bits per heavy atom. The molecule has 0 spiro atoms. The van der Waals surface area contributed by atoms with Crippen molar-refractivity contribution in [1.29, 1.82) is 0 Å². The van der Waals surface area contributed by atoms with Crippen molar-refractivity contribution in [2.24, 2.45) is 0 Å². The maximum atomic E-state index is 4.52. The number of benzene rings is 4. The Kier molecular flexibility index (Phi) is 10.2. The Morgan fingerprint density at radius 3 is 1.50 bits per heavy atom. The van der Waals surface area contributed by atoms with Crippen molar-refractivity contribution in [2.75, 3.05) is 19.0 Å². The fraction of sp³-hybridized carbons (Fsp3) is 0.205. The largest absolute Gasteiger partial charge is 0.378 e. The van der Waals surface area contributed by atoms with Gasteiger partial charge in [-0.2, -0.15) is 0 Å². The van der Waals surface area contributed by atoms with Crippen molar-refractivity contribution in [3.63, 3.8) is 0 Å². The first-order valence-electron chi connectivity index (χ1n) is 14.7. The van der Waals surface area contributed by atoms with Gasteiger partial charge < -0.3 is 4.90 Å². The smallest absolute Gasteiger partial charge is 0.243 e.